The number of Topliss-reactive ketones (excluding diaryl/α,β-unsaturated/α-hetero) is 1. The van der Waals surface area contributed by atoms with E-state index in [4.69, 9.17) is 0 Å². The maximum atomic E-state index is 11.2. The number of nitrogens with zero attached hydrogens (tertiary/aromatic N) is 1. The highest BCUT2D eigenvalue weighted by Gasteiger charge is 2.22. The minimum absolute atomic E-state index is 0.0420. The van der Waals surface area contributed by atoms with Crippen LogP contribution < -0.4 is 0 Å². The molecule has 0 unspecified atom stereocenters. The number of benzene rings is 1. The molecule has 1 aromatic carbocycles. The Labute approximate surface area is 101 Å². The number of ketones is 1. The molecule has 0 bridgehead atoms. The standard InChI is InChI=1S/C14H18N2O/c1-10(17)8-14(2,3)9-13-15-11-6-4-5-7-12(11)16-13/h4-7H,8-9H2,1-3H3,(H,15,16). The summed E-state index contributed by atoms with van der Waals surface area (Å²) >= 11 is 0. The van der Waals surface area contributed by atoms with Gasteiger partial charge in [0, 0.05) is 12.8 Å². The van der Waals surface area contributed by atoms with Crippen LogP contribution in [0.5, 0.6) is 0 Å². The first-order valence-corrected chi connectivity index (χ1v) is 5.89. The summed E-state index contributed by atoms with van der Waals surface area (Å²) in [6, 6.07) is 7.98. The number of aromatic amines is 1. The van der Waals surface area contributed by atoms with Crippen LogP contribution in [-0.4, -0.2) is 15.8 Å². The third-order valence-electron chi connectivity index (χ3n) is 2.81. The second kappa shape index (κ2) is 4.32. The monoisotopic (exact) mass is 230 g/mol. The minimum Gasteiger partial charge on any atom is -0.342 e. The van der Waals surface area contributed by atoms with E-state index >= 15 is 0 Å². The van der Waals surface area contributed by atoms with Crippen molar-refractivity contribution in [1.29, 1.82) is 0 Å². The van der Waals surface area contributed by atoms with Gasteiger partial charge in [0.1, 0.15) is 11.6 Å². The summed E-state index contributed by atoms with van der Waals surface area (Å²) in [5.41, 5.74) is 2.00. The second-order valence-electron chi connectivity index (χ2n) is 5.42. The zero-order valence-electron chi connectivity index (χ0n) is 10.6. The van der Waals surface area contributed by atoms with Crippen LogP contribution in [0.1, 0.15) is 33.0 Å². The van der Waals surface area contributed by atoms with Gasteiger partial charge in [-0.3, -0.25) is 0 Å². The number of hydrogen-bond donors (Lipinski definition) is 1. The number of fused-ring (bicyclic) bond motifs is 1. The van der Waals surface area contributed by atoms with Crippen molar-refractivity contribution in [2.45, 2.75) is 33.6 Å². The highest BCUT2D eigenvalue weighted by molar-refractivity contribution is 5.76. The first kappa shape index (κ1) is 11.8. The van der Waals surface area contributed by atoms with E-state index in [9.17, 15) is 4.79 Å². The molecular formula is C14H18N2O. The molecule has 0 saturated carbocycles. The van der Waals surface area contributed by atoms with Gasteiger partial charge in [-0.05, 0) is 24.5 Å². The number of carbonyl (C=O) groups excluding carboxylic acids is 1. The molecular weight excluding hydrogens is 212 g/mol. The number of H-pyrrole nitrogens is 1. The Bertz CT molecular complexity index is 507. The van der Waals surface area contributed by atoms with Crippen LogP contribution >= 0.6 is 0 Å². The molecule has 90 valence electrons. The van der Waals surface area contributed by atoms with E-state index in [1.807, 2.05) is 24.3 Å². The number of imidazole rings is 1. The van der Waals surface area contributed by atoms with Crippen molar-refractivity contribution in [3.63, 3.8) is 0 Å². The normalized spacial score (nSPS) is 11.9. The lowest BCUT2D eigenvalue weighted by atomic mass is 9.84. The first-order chi connectivity index (χ1) is 7.96. The first-order valence-electron chi connectivity index (χ1n) is 5.89. The Morgan fingerprint density at radius 3 is 2.71 bits per heavy atom. The molecule has 0 spiro atoms. The number of rotatable bonds is 4. The SMILES string of the molecule is CC(=O)CC(C)(C)Cc1nc2ccccc2[nH]1. The molecule has 2 aromatic rings. The molecule has 1 N–H and O–H groups in total. The maximum Gasteiger partial charge on any atom is 0.130 e. The summed E-state index contributed by atoms with van der Waals surface area (Å²) in [6.07, 6.45) is 1.38. The fourth-order valence-corrected chi connectivity index (χ4v) is 2.28. The molecule has 1 heterocycles. The average Bonchev–Trinajstić information content (AvgIpc) is 2.55. The molecule has 0 aliphatic carbocycles. The summed E-state index contributed by atoms with van der Waals surface area (Å²) in [5.74, 6) is 1.18. The molecule has 17 heavy (non-hydrogen) atoms. The van der Waals surface area contributed by atoms with E-state index < -0.39 is 0 Å². The molecule has 3 heteroatoms. The van der Waals surface area contributed by atoms with Crippen LogP contribution in [0.3, 0.4) is 0 Å². The molecule has 0 aliphatic rings. The Balaban J connectivity index is 2.20. The van der Waals surface area contributed by atoms with Crippen LogP contribution in [0, 0.1) is 5.41 Å². The van der Waals surface area contributed by atoms with E-state index in [0.717, 1.165) is 23.3 Å². The van der Waals surface area contributed by atoms with Crippen molar-refractivity contribution >= 4 is 16.8 Å². The van der Waals surface area contributed by atoms with Gasteiger partial charge in [0.25, 0.3) is 0 Å². The predicted octanol–water partition coefficient (Wildman–Crippen LogP) is 3.11. The molecule has 2 rings (SSSR count). The van der Waals surface area contributed by atoms with Crippen molar-refractivity contribution in [1.82, 2.24) is 9.97 Å². The average molecular weight is 230 g/mol. The van der Waals surface area contributed by atoms with E-state index in [1.165, 1.54) is 0 Å². The highest BCUT2D eigenvalue weighted by Crippen LogP contribution is 2.26. The van der Waals surface area contributed by atoms with Gasteiger partial charge in [-0.25, -0.2) is 4.98 Å². The Morgan fingerprint density at radius 1 is 1.35 bits per heavy atom. The third kappa shape index (κ3) is 2.93. The van der Waals surface area contributed by atoms with Crippen molar-refractivity contribution in [3.8, 4) is 0 Å². The van der Waals surface area contributed by atoms with Crippen LogP contribution in [0.15, 0.2) is 24.3 Å². The van der Waals surface area contributed by atoms with E-state index in [2.05, 4.69) is 23.8 Å². The highest BCUT2D eigenvalue weighted by atomic mass is 16.1. The fraction of sp³-hybridized carbons (Fsp3) is 0.429. The summed E-state index contributed by atoms with van der Waals surface area (Å²) in [7, 11) is 0. The van der Waals surface area contributed by atoms with Gasteiger partial charge in [-0.15, -0.1) is 0 Å². The van der Waals surface area contributed by atoms with Crippen LogP contribution in [0.4, 0.5) is 0 Å². The van der Waals surface area contributed by atoms with Gasteiger partial charge in [0.2, 0.25) is 0 Å². The summed E-state index contributed by atoms with van der Waals surface area (Å²) in [6.45, 7) is 5.84. The lowest BCUT2D eigenvalue weighted by Crippen LogP contribution is -2.19. The summed E-state index contributed by atoms with van der Waals surface area (Å²) < 4.78 is 0. The number of carbonyl (C=O) groups is 1. The van der Waals surface area contributed by atoms with Gasteiger partial charge >= 0.3 is 0 Å². The van der Waals surface area contributed by atoms with Crippen molar-refractivity contribution in [2.75, 3.05) is 0 Å². The lowest BCUT2D eigenvalue weighted by molar-refractivity contribution is -0.118. The molecule has 1 aromatic heterocycles. The summed E-state index contributed by atoms with van der Waals surface area (Å²) in [5, 5.41) is 0. The Kier molecular flexibility index (Phi) is 3.01. The molecule has 0 fully saturated rings. The summed E-state index contributed by atoms with van der Waals surface area (Å²) in [4.78, 5) is 19.0. The van der Waals surface area contributed by atoms with Crippen LogP contribution in [0.25, 0.3) is 11.0 Å². The molecule has 0 aliphatic heterocycles. The van der Waals surface area contributed by atoms with E-state index in [1.54, 1.807) is 6.92 Å². The van der Waals surface area contributed by atoms with Crippen molar-refractivity contribution in [2.24, 2.45) is 5.41 Å². The molecule has 0 amide bonds. The zero-order chi connectivity index (χ0) is 12.5. The number of aromatic nitrogens is 2. The van der Waals surface area contributed by atoms with Crippen LogP contribution in [0.2, 0.25) is 0 Å². The lowest BCUT2D eigenvalue weighted by Gasteiger charge is -2.21. The minimum atomic E-state index is -0.0420. The van der Waals surface area contributed by atoms with Gasteiger partial charge in [0.05, 0.1) is 11.0 Å². The molecule has 0 radical (unpaired) electrons. The van der Waals surface area contributed by atoms with Gasteiger partial charge in [-0.1, -0.05) is 26.0 Å². The Morgan fingerprint density at radius 2 is 2.06 bits per heavy atom. The van der Waals surface area contributed by atoms with Crippen molar-refractivity contribution in [3.05, 3.63) is 30.1 Å². The second-order valence-corrected chi connectivity index (χ2v) is 5.42. The Hall–Kier alpha value is -1.64. The van der Waals surface area contributed by atoms with Crippen molar-refractivity contribution < 1.29 is 4.79 Å². The van der Waals surface area contributed by atoms with E-state index in [-0.39, 0.29) is 11.2 Å². The number of hydrogen-bond acceptors (Lipinski definition) is 2. The topological polar surface area (TPSA) is 45.8 Å². The van der Waals surface area contributed by atoms with Gasteiger partial charge in [-0.2, -0.15) is 0 Å². The van der Waals surface area contributed by atoms with Crippen LogP contribution in [-0.2, 0) is 11.2 Å². The zero-order valence-corrected chi connectivity index (χ0v) is 10.6. The third-order valence-corrected chi connectivity index (χ3v) is 2.81. The number of para-hydroxylation sites is 2. The van der Waals surface area contributed by atoms with E-state index in [0.29, 0.717) is 6.42 Å². The van der Waals surface area contributed by atoms with Gasteiger partial charge < -0.3 is 9.78 Å². The maximum absolute atomic E-state index is 11.2. The quantitative estimate of drug-likeness (QED) is 0.877. The van der Waals surface area contributed by atoms with Gasteiger partial charge in [0.15, 0.2) is 0 Å². The fourth-order valence-electron chi connectivity index (χ4n) is 2.28. The molecule has 0 atom stereocenters. The molecule has 3 nitrogen and oxygen atoms in total. The smallest absolute Gasteiger partial charge is 0.130 e. The largest absolute Gasteiger partial charge is 0.342 e. The molecule has 0 saturated heterocycles. The number of nitrogens with one attached hydrogen (secondary N) is 1. The predicted molar refractivity (Wildman–Crippen MR) is 68.9 cm³/mol.